The summed E-state index contributed by atoms with van der Waals surface area (Å²) in [7, 11) is 0. The Balaban J connectivity index is 1.84. The Hall–Kier alpha value is -4.52. The van der Waals surface area contributed by atoms with Gasteiger partial charge in [-0.2, -0.15) is 0 Å². The maximum atomic E-state index is 12.5. The van der Waals surface area contributed by atoms with Gasteiger partial charge in [0.2, 0.25) is 5.75 Å². The highest BCUT2D eigenvalue weighted by Gasteiger charge is 2.18. The molecule has 0 saturated heterocycles. The molecule has 3 aromatic carbocycles. The number of phenolic OH excluding ortho intramolecular Hbond substituents is 1. The van der Waals surface area contributed by atoms with Crippen LogP contribution in [0, 0.1) is 15.5 Å². The number of ether oxygens (including phenoxy) is 1. The number of rotatable bonds is 7. The van der Waals surface area contributed by atoms with Crippen LogP contribution in [-0.2, 0) is 0 Å². The Morgan fingerprint density at radius 1 is 1.03 bits per heavy atom. The predicted molar refractivity (Wildman–Crippen MR) is 120 cm³/mol. The Morgan fingerprint density at radius 3 is 2.45 bits per heavy atom. The molecule has 0 spiro atoms. The molecule has 0 radical (unpaired) electrons. The second-order valence-electron chi connectivity index (χ2n) is 6.47. The number of benzene rings is 3. The van der Waals surface area contributed by atoms with Gasteiger partial charge in [-0.25, -0.2) is 4.79 Å². The lowest BCUT2D eigenvalue weighted by Crippen LogP contribution is -2.09. The van der Waals surface area contributed by atoms with Gasteiger partial charge in [0.25, 0.3) is 0 Å². The molecule has 0 aliphatic rings. The molecular formula is C24H18N2O5. The van der Waals surface area contributed by atoms with Gasteiger partial charge in [0.05, 0.1) is 10.5 Å². The highest BCUT2D eigenvalue weighted by molar-refractivity contribution is 5.92. The molecule has 0 fully saturated rings. The minimum Gasteiger partial charge on any atom is -0.507 e. The number of phenols is 1. The first-order chi connectivity index (χ1) is 14.9. The number of aromatic hydroxyl groups is 1. The minimum absolute atomic E-state index is 0.0121. The third-order valence-corrected chi connectivity index (χ3v) is 4.42. The number of nitro groups is 1. The van der Waals surface area contributed by atoms with Crippen molar-refractivity contribution in [2.45, 2.75) is 0 Å². The van der Waals surface area contributed by atoms with Gasteiger partial charge in [-0.1, -0.05) is 49.1 Å². The van der Waals surface area contributed by atoms with E-state index in [2.05, 4.69) is 6.58 Å². The van der Waals surface area contributed by atoms with Gasteiger partial charge in [-0.3, -0.25) is 10.1 Å². The van der Waals surface area contributed by atoms with Gasteiger partial charge >= 0.3 is 11.7 Å². The van der Waals surface area contributed by atoms with Crippen molar-refractivity contribution < 1.29 is 19.6 Å². The second-order valence-corrected chi connectivity index (χ2v) is 6.47. The molecule has 0 bridgehead atoms. The Kier molecular flexibility index (Phi) is 6.37. The first-order valence-electron chi connectivity index (χ1n) is 9.16. The summed E-state index contributed by atoms with van der Waals surface area (Å²) >= 11 is 0. The van der Waals surface area contributed by atoms with Crippen molar-refractivity contribution in [3.63, 3.8) is 0 Å². The fourth-order valence-corrected chi connectivity index (χ4v) is 2.88. The minimum atomic E-state index is -0.714. The number of nitro benzene ring substituents is 1. The van der Waals surface area contributed by atoms with E-state index in [9.17, 15) is 20.0 Å². The molecule has 2 N–H and O–H groups in total. The summed E-state index contributed by atoms with van der Waals surface area (Å²) in [4.78, 5) is 23.0. The highest BCUT2D eigenvalue weighted by atomic mass is 16.6. The second kappa shape index (κ2) is 9.32. The third kappa shape index (κ3) is 4.91. The van der Waals surface area contributed by atoms with Gasteiger partial charge in [0, 0.05) is 23.4 Å². The Morgan fingerprint density at radius 2 is 1.74 bits per heavy atom. The molecule has 0 heterocycles. The quantitative estimate of drug-likeness (QED) is 0.135. The van der Waals surface area contributed by atoms with Crippen molar-refractivity contribution in [3.8, 4) is 11.5 Å². The average Bonchev–Trinajstić information content (AvgIpc) is 2.78. The number of carbonyl (C=O) groups excluding carboxylic acids is 1. The van der Waals surface area contributed by atoms with Crippen LogP contribution in [-0.4, -0.2) is 22.2 Å². The van der Waals surface area contributed by atoms with Crippen molar-refractivity contribution in [1.29, 1.82) is 5.41 Å². The zero-order chi connectivity index (χ0) is 22.4. The summed E-state index contributed by atoms with van der Waals surface area (Å²) in [6.45, 7) is 3.66. The SMILES string of the molecule is C=Cc1cc(/C=C/c2cccc(C(=O)Oc3ccccc3[N+](=O)[O-])c2)cc(C=N)c1O. The molecule has 7 heteroatoms. The number of nitrogens with one attached hydrogen (secondary N) is 1. The van der Waals surface area contributed by atoms with Crippen LogP contribution in [0.5, 0.6) is 11.5 Å². The normalized spacial score (nSPS) is 10.6. The van der Waals surface area contributed by atoms with Crippen LogP contribution in [0.3, 0.4) is 0 Å². The van der Waals surface area contributed by atoms with Crippen LogP contribution in [0.25, 0.3) is 18.2 Å². The van der Waals surface area contributed by atoms with Crippen molar-refractivity contribution in [2.75, 3.05) is 0 Å². The van der Waals surface area contributed by atoms with E-state index in [4.69, 9.17) is 10.1 Å². The first kappa shape index (κ1) is 21.2. The van der Waals surface area contributed by atoms with Crippen LogP contribution >= 0.6 is 0 Å². The summed E-state index contributed by atoms with van der Waals surface area (Å²) in [5.41, 5.74) is 2.24. The average molecular weight is 414 g/mol. The van der Waals surface area contributed by atoms with Gasteiger partial charge in [0.1, 0.15) is 5.75 Å². The molecule has 0 aromatic heterocycles. The van der Waals surface area contributed by atoms with Crippen LogP contribution in [0.4, 0.5) is 5.69 Å². The molecular weight excluding hydrogens is 396 g/mol. The van der Waals surface area contributed by atoms with E-state index >= 15 is 0 Å². The molecule has 31 heavy (non-hydrogen) atoms. The summed E-state index contributed by atoms with van der Waals surface area (Å²) in [5, 5.41) is 28.5. The molecule has 0 unspecified atom stereocenters. The van der Waals surface area contributed by atoms with Gasteiger partial charge in [0.15, 0.2) is 0 Å². The molecule has 0 aliphatic heterocycles. The van der Waals surface area contributed by atoms with E-state index in [-0.39, 0.29) is 22.7 Å². The number of hydrogen-bond acceptors (Lipinski definition) is 6. The van der Waals surface area contributed by atoms with Crippen molar-refractivity contribution in [2.24, 2.45) is 0 Å². The summed E-state index contributed by atoms with van der Waals surface area (Å²) in [6.07, 6.45) is 6.08. The number of esters is 1. The zero-order valence-electron chi connectivity index (χ0n) is 16.3. The fraction of sp³-hybridized carbons (Fsp3) is 0. The topological polar surface area (TPSA) is 114 Å². The first-order valence-corrected chi connectivity index (χ1v) is 9.16. The zero-order valence-corrected chi connectivity index (χ0v) is 16.3. The van der Waals surface area contributed by atoms with Crippen LogP contribution in [0.2, 0.25) is 0 Å². The number of carbonyl (C=O) groups is 1. The monoisotopic (exact) mass is 414 g/mol. The molecule has 0 atom stereocenters. The van der Waals surface area contributed by atoms with Gasteiger partial charge in [-0.15, -0.1) is 0 Å². The highest BCUT2D eigenvalue weighted by Crippen LogP contribution is 2.27. The lowest BCUT2D eigenvalue weighted by Gasteiger charge is -2.06. The maximum absolute atomic E-state index is 12.5. The van der Waals surface area contributed by atoms with Crippen molar-refractivity contribution >= 4 is 36.1 Å². The standard InChI is InChI=1S/C24H18N2O5/c1-2-18-13-17(14-20(15-25)23(18)27)11-10-16-6-5-7-19(12-16)24(28)31-22-9-4-3-8-21(22)26(29)30/h2-15,25,27H,1H2/b11-10+,25-15?. The smallest absolute Gasteiger partial charge is 0.343 e. The fourth-order valence-electron chi connectivity index (χ4n) is 2.88. The van der Waals surface area contributed by atoms with E-state index in [0.717, 1.165) is 11.8 Å². The number of para-hydroxylation sites is 2. The molecule has 0 amide bonds. The van der Waals surface area contributed by atoms with E-state index < -0.39 is 10.9 Å². The molecule has 0 aliphatic carbocycles. The van der Waals surface area contributed by atoms with Gasteiger partial charge < -0.3 is 15.3 Å². The third-order valence-electron chi connectivity index (χ3n) is 4.42. The summed E-state index contributed by atoms with van der Waals surface area (Å²) in [5.74, 6) is -0.852. The number of hydrogen-bond donors (Lipinski definition) is 2. The van der Waals surface area contributed by atoms with Crippen LogP contribution < -0.4 is 4.74 Å². The van der Waals surface area contributed by atoms with Crippen molar-refractivity contribution in [3.05, 3.63) is 105 Å². The summed E-state index contributed by atoms with van der Waals surface area (Å²) in [6, 6.07) is 15.6. The van der Waals surface area contributed by atoms with Crippen molar-refractivity contribution in [1.82, 2.24) is 0 Å². The molecule has 7 nitrogen and oxygen atoms in total. The molecule has 154 valence electrons. The lowest BCUT2D eigenvalue weighted by molar-refractivity contribution is -0.385. The van der Waals surface area contributed by atoms with Gasteiger partial charge in [-0.05, 0) is 41.5 Å². The van der Waals surface area contributed by atoms with Crippen LogP contribution in [0.1, 0.15) is 32.6 Å². The lowest BCUT2D eigenvalue weighted by atomic mass is 10.0. The predicted octanol–water partition coefficient (Wildman–Crippen LogP) is 5.33. The Bertz CT molecular complexity index is 1190. The molecule has 3 aromatic rings. The van der Waals surface area contributed by atoms with Crippen LogP contribution in [0.15, 0.2) is 67.2 Å². The summed E-state index contributed by atoms with van der Waals surface area (Å²) < 4.78 is 5.22. The van der Waals surface area contributed by atoms with E-state index in [0.29, 0.717) is 16.7 Å². The van der Waals surface area contributed by atoms with E-state index in [1.54, 1.807) is 54.6 Å². The molecule has 3 rings (SSSR count). The number of nitrogens with zero attached hydrogens (tertiary/aromatic N) is 1. The Labute approximate surface area is 178 Å². The maximum Gasteiger partial charge on any atom is 0.343 e. The largest absolute Gasteiger partial charge is 0.507 e. The van der Waals surface area contributed by atoms with E-state index in [1.165, 1.54) is 24.3 Å². The van der Waals surface area contributed by atoms with E-state index in [1.807, 2.05) is 0 Å². The molecule has 0 saturated carbocycles.